The lowest BCUT2D eigenvalue weighted by Crippen LogP contribution is -2.35. The van der Waals surface area contributed by atoms with Gasteiger partial charge in [0.25, 0.3) is 5.91 Å². The van der Waals surface area contributed by atoms with Crippen molar-refractivity contribution in [1.82, 2.24) is 9.58 Å². The van der Waals surface area contributed by atoms with Crippen molar-refractivity contribution in [3.63, 3.8) is 0 Å². The Labute approximate surface area is 179 Å². The third kappa shape index (κ3) is 3.27. The first-order chi connectivity index (χ1) is 14.3. The highest BCUT2D eigenvalue weighted by Crippen LogP contribution is 2.32. The molecule has 0 saturated carbocycles. The number of aromatic nitrogens is 1. The van der Waals surface area contributed by atoms with Crippen molar-refractivity contribution in [2.45, 2.75) is 34.1 Å². The van der Waals surface area contributed by atoms with Gasteiger partial charge in [-0.05, 0) is 74.4 Å². The maximum atomic E-state index is 12.7. The summed E-state index contributed by atoms with van der Waals surface area (Å²) >= 11 is 1.34. The van der Waals surface area contributed by atoms with Crippen LogP contribution in [0.15, 0.2) is 39.9 Å². The molecular formula is C22H23N5O2S. The summed E-state index contributed by atoms with van der Waals surface area (Å²) in [4.78, 5) is 16.8. The standard InChI is InChI=1S/C22H23N5O2S/c1-6-19-25-27-20(23)16(21(28)24-22(27)30-19)11-15-10-13(3)26(14(15)4)17-9-12(2)7-8-18(17)29-5/h7-11,23H,6H2,1-5H3/b16-11+,23-20?. The molecule has 2 aliphatic heterocycles. The second-order valence-electron chi connectivity index (χ2n) is 7.20. The van der Waals surface area contributed by atoms with Crippen LogP contribution in [0.3, 0.4) is 0 Å². The number of amides is 1. The number of rotatable bonds is 4. The molecule has 2 aliphatic rings. The topological polar surface area (TPSA) is 83.0 Å². The van der Waals surface area contributed by atoms with Gasteiger partial charge >= 0.3 is 0 Å². The number of carbonyl (C=O) groups is 1. The molecule has 1 N–H and O–H groups in total. The molecule has 0 atom stereocenters. The summed E-state index contributed by atoms with van der Waals surface area (Å²) in [5.74, 6) is 0.413. The third-order valence-corrected chi connectivity index (χ3v) is 6.20. The number of thioether (sulfide) groups is 1. The lowest BCUT2D eigenvalue weighted by atomic mass is 10.1. The number of hydrazone groups is 1. The second-order valence-corrected chi connectivity index (χ2v) is 8.25. The minimum atomic E-state index is -0.413. The van der Waals surface area contributed by atoms with E-state index in [1.54, 1.807) is 13.2 Å². The first kappa shape index (κ1) is 20.2. The SMILES string of the molecule is CCC1=NN2C(=N)/C(=C\c3cc(C)n(-c4cc(C)ccc4OC)c3C)C(=O)N=C2S1. The highest BCUT2D eigenvalue weighted by molar-refractivity contribution is 8.26. The van der Waals surface area contributed by atoms with Gasteiger partial charge in [0.05, 0.1) is 18.4 Å². The van der Waals surface area contributed by atoms with Crippen molar-refractivity contribution in [3.05, 3.63) is 52.4 Å². The van der Waals surface area contributed by atoms with Gasteiger partial charge in [0.15, 0.2) is 5.84 Å². The van der Waals surface area contributed by atoms with Crippen LogP contribution >= 0.6 is 11.8 Å². The maximum absolute atomic E-state index is 12.7. The quantitative estimate of drug-likeness (QED) is 0.740. The molecule has 0 bridgehead atoms. The Kier molecular flexibility index (Phi) is 5.11. The molecule has 1 aromatic carbocycles. The van der Waals surface area contributed by atoms with E-state index in [0.29, 0.717) is 5.17 Å². The molecule has 3 heterocycles. The number of benzene rings is 1. The Morgan fingerprint density at radius 3 is 2.70 bits per heavy atom. The number of hydrogen-bond donors (Lipinski definition) is 1. The molecule has 1 amide bonds. The van der Waals surface area contributed by atoms with E-state index in [1.165, 1.54) is 16.8 Å². The molecule has 2 aromatic rings. The van der Waals surface area contributed by atoms with Gasteiger partial charge in [-0.2, -0.15) is 15.1 Å². The molecule has 1 aromatic heterocycles. The summed E-state index contributed by atoms with van der Waals surface area (Å²) in [7, 11) is 1.65. The average Bonchev–Trinajstić information content (AvgIpc) is 3.25. The Balaban J connectivity index is 1.79. The summed E-state index contributed by atoms with van der Waals surface area (Å²) < 4.78 is 7.66. The molecule has 154 valence electrons. The monoisotopic (exact) mass is 421 g/mol. The van der Waals surface area contributed by atoms with E-state index in [-0.39, 0.29) is 11.4 Å². The molecule has 4 rings (SSSR count). The summed E-state index contributed by atoms with van der Waals surface area (Å²) in [6.45, 7) is 8.03. The molecule has 7 nitrogen and oxygen atoms in total. The smallest absolute Gasteiger partial charge is 0.283 e. The van der Waals surface area contributed by atoms with Gasteiger partial charge in [-0.1, -0.05) is 13.0 Å². The van der Waals surface area contributed by atoms with Crippen LogP contribution in [-0.2, 0) is 4.79 Å². The van der Waals surface area contributed by atoms with E-state index < -0.39 is 5.91 Å². The molecule has 0 fully saturated rings. The number of aliphatic imine (C=N–C) groups is 1. The lowest BCUT2D eigenvalue weighted by molar-refractivity contribution is -0.114. The number of hydrogen-bond acceptors (Lipinski definition) is 5. The van der Waals surface area contributed by atoms with Crippen LogP contribution in [0.25, 0.3) is 11.8 Å². The predicted molar refractivity (Wildman–Crippen MR) is 122 cm³/mol. The van der Waals surface area contributed by atoms with Crippen molar-refractivity contribution in [2.24, 2.45) is 10.1 Å². The van der Waals surface area contributed by atoms with Gasteiger partial charge in [0, 0.05) is 11.4 Å². The average molecular weight is 422 g/mol. The number of aryl methyl sites for hydroxylation is 2. The third-order valence-electron chi connectivity index (χ3n) is 5.14. The van der Waals surface area contributed by atoms with Gasteiger partial charge in [0.1, 0.15) is 10.8 Å². The van der Waals surface area contributed by atoms with Gasteiger partial charge < -0.3 is 9.30 Å². The van der Waals surface area contributed by atoms with Crippen LogP contribution in [0.4, 0.5) is 0 Å². The number of carbonyl (C=O) groups excluding carboxylic acids is 1. The zero-order chi connectivity index (χ0) is 21.6. The van der Waals surface area contributed by atoms with E-state index in [2.05, 4.69) is 20.7 Å². The fourth-order valence-electron chi connectivity index (χ4n) is 3.61. The van der Waals surface area contributed by atoms with Crippen molar-refractivity contribution >= 4 is 39.8 Å². The maximum Gasteiger partial charge on any atom is 0.283 e. The number of ether oxygens (including phenoxy) is 1. The van der Waals surface area contributed by atoms with E-state index in [9.17, 15) is 4.79 Å². The molecule has 0 radical (unpaired) electrons. The largest absolute Gasteiger partial charge is 0.495 e. The van der Waals surface area contributed by atoms with Gasteiger partial charge in [-0.25, -0.2) is 0 Å². The fraction of sp³-hybridized carbons (Fsp3) is 0.273. The molecule has 8 heteroatoms. The molecule has 30 heavy (non-hydrogen) atoms. The highest BCUT2D eigenvalue weighted by Gasteiger charge is 2.35. The number of fused-ring (bicyclic) bond motifs is 1. The lowest BCUT2D eigenvalue weighted by Gasteiger charge is -2.20. The Hall–Kier alpha value is -3.13. The van der Waals surface area contributed by atoms with E-state index in [4.69, 9.17) is 10.1 Å². The number of nitrogens with zero attached hydrogens (tertiary/aromatic N) is 4. The van der Waals surface area contributed by atoms with Crippen molar-refractivity contribution in [3.8, 4) is 11.4 Å². The van der Waals surface area contributed by atoms with Gasteiger partial charge in [0.2, 0.25) is 5.17 Å². The minimum absolute atomic E-state index is 0.0545. The zero-order valence-corrected chi connectivity index (χ0v) is 18.4. The first-order valence-electron chi connectivity index (χ1n) is 9.67. The van der Waals surface area contributed by atoms with E-state index in [0.717, 1.165) is 45.4 Å². The van der Waals surface area contributed by atoms with Crippen LogP contribution in [-0.4, -0.2) is 38.6 Å². The zero-order valence-electron chi connectivity index (χ0n) is 17.6. The van der Waals surface area contributed by atoms with Crippen LogP contribution in [0, 0.1) is 26.2 Å². The summed E-state index contributed by atoms with van der Waals surface area (Å²) in [6.07, 6.45) is 2.47. The van der Waals surface area contributed by atoms with Gasteiger partial charge in [-0.3, -0.25) is 10.2 Å². The molecule has 0 saturated heterocycles. The first-order valence-corrected chi connectivity index (χ1v) is 10.5. The summed E-state index contributed by atoms with van der Waals surface area (Å²) in [5.41, 5.74) is 5.11. The van der Waals surface area contributed by atoms with Crippen LogP contribution in [0.1, 0.15) is 35.9 Å². The molecule has 0 spiro atoms. The normalized spacial score (nSPS) is 17.4. The fourth-order valence-corrected chi connectivity index (χ4v) is 4.43. The van der Waals surface area contributed by atoms with Crippen LogP contribution in [0.2, 0.25) is 0 Å². The number of methoxy groups -OCH3 is 1. The van der Waals surface area contributed by atoms with Gasteiger partial charge in [-0.15, -0.1) is 0 Å². The summed E-state index contributed by atoms with van der Waals surface area (Å²) in [6, 6.07) is 8.04. The predicted octanol–water partition coefficient (Wildman–Crippen LogP) is 4.44. The Morgan fingerprint density at radius 1 is 1.23 bits per heavy atom. The Bertz CT molecular complexity index is 1170. The van der Waals surface area contributed by atoms with E-state index in [1.807, 2.05) is 45.9 Å². The summed E-state index contributed by atoms with van der Waals surface area (Å²) in [5, 5.41) is 15.7. The number of amidine groups is 2. The van der Waals surface area contributed by atoms with Crippen molar-refractivity contribution < 1.29 is 9.53 Å². The van der Waals surface area contributed by atoms with E-state index >= 15 is 0 Å². The van der Waals surface area contributed by atoms with Crippen LogP contribution in [0.5, 0.6) is 5.75 Å². The number of nitrogens with one attached hydrogen (secondary N) is 1. The molecular weight excluding hydrogens is 398 g/mol. The molecule has 0 unspecified atom stereocenters. The Morgan fingerprint density at radius 2 is 2.00 bits per heavy atom. The minimum Gasteiger partial charge on any atom is -0.495 e. The van der Waals surface area contributed by atoms with Crippen molar-refractivity contribution in [2.75, 3.05) is 7.11 Å². The van der Waals surface area contributed by atoms with Crippen molar-refractivity contribution in [1.29, 1.82) is 5.41 Å². The molecule has 0 aliphatic carbocycles. The van der Waals surface area contributed by atoms with Crippen LogP contribution < -0.4 is 4.74 Å². The highest BCUT2D eigenvalue weighted by atomic mass is 32.2. The second kappa shape index (κ2) is 7.60.